The van der Waals surface area contributed by atoms with E-state index in [-0.39, 0.29) is 0 Å². The van der Waals surface area contributed by atoms with Gasteiger partial charge in [0.05, 0.1) is 0 Å². The van der Waals surface area contributed by atoms with Gasteiger partial charge in [0.15, 0.2) is 0 Å². The van der Waals surface area contributed by atoms with Crippen LogP contribution in [0.4, 0.5) is 0 Å². The summed E-state index contributed by atoms with van der Waals surface area (Å²) in [7, 11) is 0. The molecule has 0 aromatic carbocycles. The normalized spacial score (nSPS) is 34.1. The van der Waals surface area contributed by atoms with E-state index in [4.69, 9.17) is 5.73 Å². The van der Waals surface area contributed by atoms with Crippen LogP contribution in [0.15, 0.2) is 0 Å². The van der Waals surface area contributed by atoms with Gasteiger partial charge in [0.2, 0.25) is 0 Å². The van der Waals surface area contributed by atoms with Crippen molar-refractivity contribution in [1.29, 1.82) is 0 Å². The van der Waals surface area contributed by atoms with Gasteiger partial charge in [-0.05, 0) is 57.8 Å². The molecule has 2 unspecified atom stereocenters. The third-order valence-corrected chi connectivity index (χ3v) is 4.62. The van der Waals surface area contributed by atoms with Crippen LogP contribution >= 0.6 is 0 Å². The molecule has 0 saturated carbocycles. The predicted molar refractivity (Wildman–Crippen MR) is 73.1 cm³/mol. The van der Waals surface area contributed by atoms with E-state index in [0.29, 0.717) is 12.0 Å². The first-order valence-electron chi connectivity index (χ1n) is 7.42. The summed E-state index contributed by atoms with van der Waals surface area (Å²) in [6.07, 6.45) is 5.21. The Bertz CT molecular complexity index is 224. The number of piperidine rings is 2. The first-order chi connectivity index (χ1) is 8.20. The molecular formula is C14H29N3. The van der Waals surface area contributed by atoms with E-state index in [0.717, 1.165) is 6.04 Å². The van der Waals surface area contributed by atoms with Crippen molar-refractivity contribution in [3.8, 4) is 0 Å². The topological polar surface area (TPSA) is 32.5 Å². The van der Waals surface area contributed by atoms with E-state index in [9.17, 15) is 0 Å². The van der Waals surface area contributed by atoms with Crippen LogP contribution in [0.25, 0.3) is 0 Å². The average Bonchev–Trinajstić information content (AvgIpc) is 2.34. The van der Waals surface area contributed by atoms with Gasteiger partial charge in [-0.15, -0.1) is 0 Å². The minimum atomic E-state index is 0.437. The Hall–Kier alpha value is -0.120. The Morgan fingerprint density at radius 3 is 2.41 bits per heavy atom. The number of nitrogens with zero attached hydrogens (tertiary/aromatic N) is 2. The van der Waals surface area contributed by atoms with E-state index in [2.05, 4.69) is 23.6 Å². The molecule has 2 fully saturated rings. The Balaban J connectivity index is 1.77. The Kier molecular flexibility index (Phi) is 4.83. The molecule has 3 nitrogen and oxygen atoms in total. The molecule has 0 spiro atoms. The summed E-state index contributed by atoms with van der Waals surface area (Å²) in [6, 6.07) is 1.27. The maximum Gasteiger partial charge on any atom is 0.0120 e. The maximum atomic E-state index is 6.10. The lowest BCUT2D eigenvalue weighted by Gasteiger charge is -2.43. The second kappa shape index (κ2) is 6.17. The molecule has 2 N–H and O–H groups in total. The molecule has 2 saturated heterocycles. The van der Waals surface area contributed by atoms with Crippen molar-refractivity contribution in [1.82, 2.24) is 9.80 Å². The Morgan fingerprint density at radius 2 is 1.82 bits per heavy atom. The first kappa shape index (κ1) is 13.3. The molecule has 0 aromatic heterocycles. The molecule has 0 amide bonds. The lowest BCUT2D eigenvalue weighted by molar-refractivity contribution is 0.0680. The minimum Gasteiger partial charge on any atom is -0.327 e. The zero-order valence-electron chi connectivity index (χ0n) is 11.6. The third-order valence-electron chi connectivity index (χ3n) is 4.62. The molecule has 17 heavy (non-hydrogen) atoms. The van der Waals surface area contributed by atoms with E-state index < -0.39 is 0 Å². The van der Waals surface area contributed by atoms with Gasteiger partial charge in [-0.2, -0.15) is 0 Å². The fourth-order valence-corrected chi connectivity index (χ4v) is 3.35. The highest BCUT2D eigenvalue weighted by Gasteiger charge is 2.29. The van der Waals surface area contributed by atoms with Crippen LogP contribution in [0.5, 0.6) is 0 Å². The van der Waals surface area contributed by atoms with Crippen molar-refractivity contribution >= 4 is 0 Å². The van der Waals surface area contributed by atoms with Crippen LogP contribution < -0.4 is 5.73 Å². The molecule has 2 atom stereocenters. The summed E-state index contributed by atoms with van der Waals surface area (Å²) in [5.41, 5.74) is 6.10. The lowest BCUT2D eigenvalue weighted by Crippen LogP contribution is -2.52. The molecular weight excluding hydrogens is 210 g/mol. The molecule has 0 aromatic rings. The van der Waals surface area contributed by atoms with Gasteiger partial charge in [-0.1, -0.05) is 13.8 Å². The highest BCUT2D eigenvalue weighted by Crippen LogP contribution is 2.23. The van der Waals surface area contributed by atoms with E-state index >= 15 is 0 Å². The van der Waals surface area contributed by atoms with Crippen LogP contribution in [0.2, 0.25) is 0 Å². The SMILES string of the molecule is CCCN1CCC(N2CCC(N)C(C)C2)CC1. The van der Waals surface area contributed by atoms with E-state index in [1.165, 1.54) is 58.4 Å². The summed E-state index contributed by atoms with van der Waals surface area (Å²) >= 11 is 0. The molecule has 100 valence electrons. The lowest BCUT2D eigenvalue weighted by atomic mass is 9.91. The second-order valence-electron chi connectivity index (χ2n) is 6.00. The van der Waals surface area contributed by atoms with Crippen molar-refractivity contribution in [3.05, 3.63) is 0 Å². The quantitative estimate of drug-likeness (QED) is 0.811. The molecule has 2 rings (SSSR count). The summed E-state index contributed by atoms with van der Waals surface area (Å²) in [6.45, 7) is 10.9. The van der Waals surface area contributed by atoms with Crippen LogP contribution in [-0.2, 0) is 0 Å². The number of hydrogen-bond donors (Lipinski definition) is 1. The summed E-state index contributed by atoms with van der Waals surface area (Å²) in [5, 5.41) is 0. The Morgan fingerprint density at radius 1 is 1.12 bits per heavy atom. The zero-order chi connectivity index (χ0) is 12.3. The predicted octanol–water partition coefficient (Wildman–Crippen LogP) is 1.53. The minimum absolute atomic E-state index is 0.437. The molecule has 2 heterocycles. The van der Waals surface area contributed by atoms with Crippen molar-refractivity contribution < 1.29 is 0 Å². The molecule has 2 aliphatic rings. The summed E-state index contributed by atoms with van der Waals surface area (Å²) in [4.78, 5) is 5.33. The largest absolute Gasteiger partial charge is 0.327 e. The van der Waals surface area contributed by atoms with Crippen LogP contribution in [-0.4, -0.2) is 54.6 Å². The first-order valence-corrected chi connectivity index (χ1v) is 7.42. The van der Waals surface area contributed by atoms with E-state index in [1.807, 2.05) is 0 Å². The van der Waals surface area contributed by atoms with Gasteiger partial charge in [0, 0.05) is 18.6 Å². The van der Waals surface area contributed by atoms with Gasteiger partial charge < -0.3 is 10.6 Å². The molecule has 3 heteroatoms. The third kappa shape index (κ3) is 3.43. The van der Waals surface area contributed by atoms with Gasteiger partial charge in [0.1, 0.15) is 0 Å². The fraction of sp³-hybridized carbons (Fsp3) is 1.00. The van der Waals surface area contributed by atoms with Crippen molar-refractivity contribution in [2.24, 2.45) is 11.7 Å². The second-order valence-corrected chi connectivity index (χ2v) is 6.00. The monoisotopic (exact) mass is 239 g/mol. The van der Waals surface area contributed by atoms with Crippen LogP contribution in [0, 0.1) is 5.92 Å². The molecule has 0 aliphatic carbocycles. The van der Waals surface area contributed by atoms with Crippen molar-refractivity contribution in [3.63, 3.8) is 0 Å². The summed E-state index contributed by atoms with van der Waals surface area (Å²) in [5.74, 6) is 0.678. The number of hydrogen-bond acceptors (Lipinski definition) is 3. The Labute approximate surface area is 106 Å². The molecule has 0 radical (unpaired) electrons. The van der Waals surface area contributed by atoms with Crippen LogP contribution in [0.1, 0.15) is 39.5 Å². The molecule has 0 bridgehead atoms. The van der Waals surface area contributed by atoms with Gasteiger partial charge >= 0.3 is 0 Å². The van der Waals surface area contributed by atoms with Crippen molar-refractivity contribution in [2.75, 3.05) is 32.7 Å². The highest BCUT2D eigenvalue weighted by atomic mass is 15.2. The zero-order valence-corrected chi connectivity index (χ0v) is 11.6. The fourth-order valence-electron chi connectivity index (χ4n) is 3.35. The van der Waals surface area contributed by atoms with Gasteiger partial charge in [-0.25, -0.2) is 0 Å². The standard InChI is InChI=1S/C14H29N3/c1-3-7-16-8-4-13(5-9-16)17-10-6-14(15)12(2)11-17/h12-14H,3-11,15H2,1-2H3. The van der Waals surface area contributed by atoms with Crippen LogP contribution in [0.3, 0.4) is 0 Å². The number of nitrogens with two attached hydrogens (primary N) is 1. The number of likely N-dealkylation sites (tertiary alicyclic amines) is 2. The van der Waals surface area contributed by atoms with Crippen molar-refractivity contribution in [2.45, 2.75) is 51.6 Å². The molecule has 2 aliphatic heterocycles. The van der Waals surface area contributed by atoms with Gasteiger partial charge in [0.25, 0.3) is 0 Å². The smallest absolute Gasteiger partial charge is 0.0120 e. The highest BCUT2D eigenvalue weighted by molar-refractivity contribution is 4.86. The maximum absolute atomic E-state index is 6.10. The van der Waals surface area contributed by atoms with E-state index in [1.54, 1.807) is 0 Å². The summed E-state index contributed by atoms with van der Waals surface area (Å²) < 4.78 is 0. The number of rotatable bonds is 3. The average molecular weight is 239 g/mol. The van der Waals surface area contributed by atoms with Gasteiger partial charge in [-0.3, -0.25) is 4.90 Å².